The van der Waals surface area contributed by atoms with Gasteiger partial charge in [0.1, 0.15) is 5.82 Å². The molecule has 0 amide bonds. The van der Waals surface area contributed by atoms with Crippen LogP contribution >= 0.6 is 23.2 Å². The summed E-state index contributed by atoms with van der Waals surface area (Å²) in [4.78, 5) is 6.84. The summed E-state index contributed by atoms with van der Waals surface area (Å²) in [5.74, 6) is 1.47. The lowest BCUT2D eigenvalue weighted by atomic mass is 10.00. The van der Waals surface area contributed by atoms with Crippen molar-refractivity contribution < 1.29 is 0 Å². The van der Waals surface area contributed by atoms with Crippen LogP contribution in [0.3, 0.4) is 0 Å². The second kappa shape index (κ2) is 5.92. The Morgan fingerprint density at radius 2 is 2.29 bits per heavy atom. The Kier molecular flexibility index (Phi) is 4.52. The lowest BCUT2D eigenvalue weighted by Crippen LogP contribution is -2.39. The molecule has 1 atom stereocenters. The number of piperidine rings is 1. The number of alkyl halides is 1. The summed E-state index contributed by atoms with van der Waals surface area (Å²) in [7, 11) is 0. The van der Waals surface area contributed by atoms with Crippen LogP contribution in [-0.2, 0) is 5.88 Å². The topological polar surface area (TPSA) is 16.1 Å². The number of rotatable bonds is 3. The molecule has 4 heteroatoms. The van der Waals surface area contributed by atoms with Gasteiger partial charge in [-0.1, -0.05) is 18.5 Å². The monoisotopic (exact) mass is 272 g/mol. The van der Waals surface area contributed by atoms with Gasteiger partial charge in [-0.05, 0) is 37.3 Å². The highest BCUT2D eigenvalue weighted by molar-refractivity contribution is 6.32. The number of pyridine rings is 1. The van der Waals surface area contributed by atoms with E-state index in [1.54, 1.807) is 6.20 Å². The average Bonchev–Trinajstić information content (AvgIpc) is 2.39. The molecule has 0 N–H and O–H groups in total. The van der Waals surface area contributed by atoms with Gasteiger partial charge in [-0.25, -0.2) is 4.98 Å². The highest BCUT2D eigenvalue weighted by atomic mass is 35.5. The number of halogens is 2. The van der Waals surface area contributed by atoms with Crippen LogP contribution in [0, 0.1) is 0 Å². The van der Waals surface area contributed by atoms with Crippen molar-refractivity contribution in [3.05, 3.63) is 22.8 Å². The van der Waals surface area contributed by atoms with E-state index in [9.17, 15) is 0 Å². The van der Waals surface area contributed by atoms with Gasteiger partial charge in [-0.3, -0.25) is 0 Å². The first-order valence-electron chi connectivity index (χ1n) is 6.23. The molecule has 1 saturated heterocycles. The highest BCUT2D eigenvalue weighted by Gasteiger charge is 2.22. The zero-order valence-electron chi connectivity index (χ0n) is 10.1. The number of anilines is 1. The third-order valence-electron chi connectivity index (χ3n) is 3.46. The fourth-order valence-electron chi connectivity index (χ4n) is 2.45. The molecule has 1 aliphatic rings. The fraction of sp³-hybridized carbons (Fsp3) is 0.615. The van der Waals surface area contributed by atoms with Crippen molar-refractivity contribution in [2.24, 2.45) is 0 Å². The molecule has 1 aromatic rings. The maximum Gasteiger partial charge on any atom is 0.129 e. The quantitative estimate of drug-likeness (QED) is 0.766. The van der Waals surface area contributed by atoms with E-state index in [4.69, 9.17) is 23.2 Å². The fourth-order valence-corrected chi connectivity index (χ4v) is 2.91. The van der Waals surface area contributed by atoms with Crippen LogP contribution in [-0.4, -0.2) is 17.6 Å². The minimum atomic E-state index is 0.443. The van der Waals surface area contributed by atoms with Crippen molar-refractivity contribution in [2.75, 3.05) is 11.4 Å². The number of hydrogen-bond acceptors (Lipinski definition) is 2. The highest BCUT2D eigenvalue weighted by Crippen LogP contribution is 2.28. The Labute approximate surface area is 113 Å². The van der Waals surface area contributed by atoms with Gasteiger partial charge in [-0.15, -0.1) is 11.6 Å². The molecule has 1 unspecified atom stereocenters. The van der Waals surface area contributed by atoms with Gasteiger partial charge in [0.25, 0.3) is 0 Å². The lowest BCUT2D eigenvalue weighted by Gasteiger charge is -2.36. The molecule has 94 valence electrons. The third-order valence-corrected chi connectivity index (χ3v) is 4.09. The van der Waals surface area contributed by atoms with E-state index in [0.29, 0.717) is 16.9 Å². The minimum Gasteiger partial charge on any atom is -0.354 e. The standard InChI is InChI=1S/C13H18Cl2N2/c1-2-11-5-3-4-6-17(11)13-7-10(8-14)12(15)9-16-13/h7,9,11H,2-6,8H2,1H3. The average molecular weight is 273 g/mol. The maximum absolute atomic E-state index is 6.04. The summed E-state index contributed by atoms with van der Waals surface area (Å²) in [5.41, 5.74) is 0.971. The lowest BCUT2D eigenvalue weighted by molar-refractivity contribution is 0.447. The van der Waals surface area contributed by atoms with Crippen molar-refractivity contribution in [1.82, 2.24) is 4.98 Å². The van der Waals surface area contributed by atoms with Crippen LogP contribution in [0.4, 0.5) is 5.82 Å². The van der Waals surface area contributed by atoms with Crippen LogP contribution in [0.2, 0.25) is 5.02 Å². The van der Waals surface area contributed by atoms with Crippen molar-refractivity contribution in [2.45, 2.75) is 44.5 Å². The van der Waals surface area contributed by atoms with Crippen LogP contribution < -0.4 is 4.90 Å². The van der Waals surface area contributed by atoms with E-state index in [2.05, 4.69) is 16.8 Å². The van der Waals surface area contributed by atoms with E-state index >= 15 is 0 Å². The Bertz CT molecular complexity index is 382. The summed E-state index contributed by atoms with van der Waals surface area (Å²) in [6.45, 7) is 3.33. The van der Waals surface area contributed by atoms with Crippen LogP contribution in [0.15, 0.2) is 12.3 Å². The molecule has 0 aliphatic carbocycles. The maximum atomic E-state index is 6.04. The van der Waals surface area contributed by atoms with Crippen molar-refractivity contribution in [3.8, 4) is 0 Å². The van der Waals surface area contributed by atoms with Gasteiger partial charge in [-0.2, -0.15) is 0 Å². The van der Waals surface area contributed by atoms with Gasteiger partial charge in [0, 0.05) is 24.7 Å². The molecule has 0 radical (unpaired) electrons. The molecule has 0 spiro atoms. The van der Waals surface area contributed by atoms with Crippen molar-refractivity contribution in [1.29, 1.82) is 0 Å². The molecule has 2 rings (SSSR count). The minimum absolute atomic E-state index is 0.443. The van der Waals surface area contributed by atoms with E-state index in [1.807, 2.05) is 6.07 Å². The van der Waals surface area contributed by atoms with Gasteiger partial charge in [0.05, 0.1) is 5.02 Å². The van der Waals surface area contributed by atoms with Crippen LogP contribution in [0.25, 0.3) is 0 Å². The predicted molar refractivity (Wildman–Crippen MR) is 74.1 cm³/mol. The number of nitrogens with zero attached hydrogens (tertiary/aromatic N) is 2. The molecule has 0 bridgehead atoms. The SMILES string of the molecule is CCC1CCCCN1c1cc(CCl)c(Cl)cn1. The van der Waals surface area contributed by atoms with E-state index < -0.39 is 0 Å². The summed E-state index contributed by atoms with van der Waals surface area (Å²) in [5, 5.41) is 0.661. The summed E-state index contributed by atoms with van der Waals surface area (Å²) in [6, 6.07) is 2.64. The molecule has 0 saturated carbocycles. The van der Waals surface area contributed by atoms with Crippen molar-refractivity contribution >= 4 is 29.0 Å². The predicted octanol–water partition coefficient (Wildman–Crippen LogP) is 4.24. The molecule has 1 aliphatic heterocycles. The van der Waals surface area contributed by atoms with Crippen LogP contribution in [0.5, 0.6) is 0 Å². The molecule has 1 fully saturated rings. The first-order valence-corrected chi connectivity index (χ1v) is 7.14. The molecule has 0 aromatic carbocycles. The second-order valence-corrected chi connectivity index (χ2v) is 5.19. The van der Waals surface area contributed by atoms with E-state index in [-0.39, 0.29) is 0 Å². The molecule has 17 heavy (non-hydrogen) atoms. The Morgan fingerprint density at radius 3 is 3.00 bits per heavy atom. The summed E-state index contributed by atoms with van der Waals surface area (Å²) < 4.78 is 0. The largest absolute Gasteiger partial charge is 0.354 e. The van der Waals surface area contributed by atoms with Gasteiger partial charge in [0.2, 0.25) is 0 Å². The summed E-state index contributed by atoms with van der Waals surface area (Å²) in [6.07, 6.45) is 6.72. The molecular formula is C13H18Cl2N2. The first kappa shape index (κ1) is 13.0. The molecule has 1 aromatic heterocycles. The smallest absolute Gasteiger partial charge is 0.129 e. The Hall–Kier alpha value is -0.470. The number of aromatic nitrogens is 1. The summed E-state index contributed by atoms with van der Waals surface area (Å²) >= 11 is 11.9. The van der Waals surface area contributed by atoms with Gasteiger partial charge >= 0.3 is 0 Å². The first-order chi connectivity index (χ1) is 8.26. The van der Waals surface area contributed by atoms with E-state index in [1.165, 1.54) is 25.7 Å². The van der Waals surface area contributed by atoms with Crippen molar-refractivity contribution in [3.63, 3.8) is 0 Å². The van der Waals surface area contributed by atoms with Crippen LogP contribution in [0.1, 0.15) is 38.2 Å². The number of hydrogen-bond donors (Lipinski definition) is 0. The Balaban J connectivity index is 2.25. The van der Waals surface area contributed by atoms with Gasteiger partial charge in [0.15, 0.2) is 0 Å². The zero-order chi connectivity index (χ0) is 12.3. The molecule has 2 nitrogen and oxygen atoms in total. The zero-order valence-corrected chi connectivity index (χ0v) is 11.6. The normalized spacial score (nSPS) is 20.6. The van der Waals surface area contributed by atoms with Gasteiger partial charge < -0.3 is 4.90 Å². The Morgan fingerprint density at radius 1 is 1.47 bits per heavy atom. The molecule has 2 heterocycles. The van der Waals surface area contributed by atoms with E-state index in [0.717, 1.165) is 17.9 Å². The second-order valence-electron chi connectivity index (χ2n) is 4.52. The molecular weight excluding hydrogens is 255 g/mol. The third kappa shape index (κ3) is 2.86.